The second kappa shape index (κ2) is 7.53. The van der Waals surface area contributed by atoms with Crippen LogP contribution in [0.2, 0.25) is 0 Å². The van der Waals surface area contributed by atoms with E-state index in [0.29, 0.717) is 0 Å². The molecule has 1 aliphatic rings. The normalized spacial score (nSPS) is 17.1. The summed E-state index contributed by atoms with van der Waals surface area (Å²) in [6, 6.07) is 32.3. The summed E-state index contributed by atoms with van der Waals surface area (Å²) in [5.74, 6) is -0.126. The summed E-state index contributed by atoms with van der Waals surface area (Å²) >= 11 is 1.64. The minimum absolute atomic E-state index is 0.143. The van der Waals surface area contributed by atoms with E-state index in [1.807, 2.05) is 84.2 Å². The van der Waals surface area contributed by atoms with Crippen LogP contribution in [0.3, 0.4) is 0 Å². The van der Waals surface area contributed by atoms with Gasteiger partial charge in [-0.2, -0.15) is 0 Å². The summed E-state index contributed by atoms with van der Waals surface area (Å²) in [4.78, 5) is 14.9. The largest absolute Gasteiger partial charge is 0.354 e. The lowest BCUT2D eigenvalue weighted by Crippen LogP contribution is -2.10. The fourth-order valence-corrected chi connectivity index (χ4v) is 4.69. The number of carbonyl (C=O) groups is 1. The molecule has 1 atom stereocenters. The van der Waals surface area contributed by atoms with Crippen molar-refractivity contribution in [3.63, 3.8) is 0 Å². The smallest absolute Gasteiger partial charge is 0.177 e. The molecule has 0 amide bonds. The van der Waals surface area contributed by atoms with Gasteiger partial charge in [0.05, 0.1) is 22.1 Å². The highest BCUT2D eigenvalue weighted by Crippen LogP contribution is 2.45. The molecule has 1 heterocycles. The van der Waals surface area contributed by atoms with Crippen LogP contribution >= 0.6 is 11.3 Å². The zero-order chi connectivity index (χ0) is 19.6. The van der Waals surface area contributed by atoms with Crippen molar-refractivity contribution in [2.75, 3.05) is 5.32 Å². The standard InChI is InChI=1S/C26H19NOS/c28-26-23(18-10-3-1-4-11-18)20-14-7-8-15-21(20)24(26)25(22-16-9-17-29-22)27-19-12-5-2-6-13-19/h1-17,23,27H/b25-24-. The molecule has 3 aromatic carbocycles. The highest BCUT2D eigenvalue weighted by molar-refractivity contribution is 7.11. The van der Waals surface area contributed by atoms with Crippen LogP contribution in [0, 0.1) is 0 Å². The average Bonchev–Trinajstić information content (AvgIpc) is 3.40. The van der Waals surface area contributed by atoms with E-state index >= 15 is 0 Å². The zero-order valence-corrected chi connectivity index (χ0v) is 16.5. The number of ketones is 1. The molecular weight excluding hydrogens is 374 g/mol. The summed E-state index contributed by atoms with van der Waals surface area (Å²) in [5, 5.41) is 5.58. The van der Waals surface area contributed by atoms with Gasteiger partial charge in [-0.25, -0.2) is 0 Å². The first kappa shape index (κ1) is 17.7. The van der Waals surface area contributed by atoms with E-state index in [0.717, 1.165) is 38.5 Å². The molecule has 0 fully saturated rings. The summed E-state index contributed by atoms with van der Waals surface area (Å²) in [7, 11) is 0. The van der Waals surface area contributed by atoms with Crippen LogP contribution in [0.15, 0.2) is 102 Å². The fraction of sp³-hybridized carbons (Fsp3) is 0.0385. The molecule has 0 saturated heterocycles. The van der Waals surface area contributed by atoms with Crippen molar-refractivity contribution in [1.82, 2.24) is 0 Å². The van der Waals surface area contributed by atoms with Gasteiger partial charge in [-0.15, -0.1) is 11.3 Å². The Bertz CT molecular complexity index is 1180. The maximum atomic E-state index is 13.8. The first-order valence-electron chi connectivity index (χ1n) is 9.61. The predicted octanol–water partition coefficient (Wildman–Crippen LogP) is 6.44. The molecule has 3 heteroatoms. The number of benzene rings is 3. The van der Waals surface area contributed by atoms with Crippen molar-refractivity contribution in [2.45, 2.75) is 5.92 Å². The van der Waals surface area contributed by atoms with Crippen LogP contribution < -0.4 is 5.32 Å². The molecule has 0 radical (unpaired) electrons. The fourth-order valence-electron chi connectivity index (χ4n) is 3.96. The lowest BCUT2D eigenvalue weighted by Gasteiger charge is -2.14. The molecule has 1 N–H and O–H groups in total. The van der Waals surface area contributed by atoms with Crippen molar-refractivity contribution >= 4 is 34.1 Å². The predicted molar refractivity (Wildman–Crippen MR) is 121 cm³/mol. The van der Waals surface area contributed by atoms with E-state index in [1.54, 1.807) is 11.3 Å². The number of para-hydroxylation sites is 1. The molecule has 29 heavy (non-hydrogen) atoms. The van der Waals surface area contributed by atoms with Crippen molar-refractivity contribution < 1.29 is 4.79 Å². The number of hydrogen-bond acceptors (Lipinski definition) is 3. The second-order valence-corrected chi connectivity index (χ2v) is 7.96. The van der Waals surface area contributed by atoms with Crippen molar-refractivity contribution in [3.05, 3.63) is 124 Å². The van der Waals surface area contributed by atoms with Gasteiger partial charge in [-0.3, -0.25) is 4.79 Å². The molecule has 0 spiro atoms. The molecule has 0 aliphatic heterocycles. The van der Waals surface area contributed by atoms with Gasteiger partial charge in [0.2, 0.25) is 0 Å². The average molecular weight is 394 g/mol. The summed E-state index contributed by atoms with van der Waals surface area (Å²) in [5.41, 5.74) is 5.73. The SMILES string of the molecule is O=C1/C(=C(\Nc2ccccc2)c2cccs2)c2ccccc2C1c1ccccc1. The monoisotopic (exact) mass is 393 g/mol. The number of allylic oxidation sites excluding steroid dienone is 1. The van der Waals surface area contributed by atoms with Crippen LogP contribution in [0.5, 0.6) is 0 Å². The van der Waals surface area contributed by atoms with E-state index in [2.05, 4.69) is 23.5 Å². The second-order valence-electron chi connectivity index (χ2n) is 7.01. The van der Waals surface area contributed by atoms with Gasteiger partial charge in [-0.1, -0.05) is 78.9 Å². The minimum Gasteiger partial charge on any atom is -0.354 e. The number of Topliss-reactive ketones (excluding diaryl/α,β-unsaturated/α-hetero) is 1. The molecule has 140 valence electrons. The van der Waals surface area contributed by atoms with Gasteiger partial charge < -0.3 is 5.32 Å². The minimum atomic E-state index is -0.269. The van der Waals surface area contributed by atoms with Gasteiger partial charge in [-0.05, 0) is 40.3 Å². The summed E-state index contributed by atoms with van der Waals surface area (Å²) in [6.45, 7) is 0. The number of anilines is 1. The number of hydrogen-bond donors (Lipinski definition) is 1. The first-order valence-corrected chi connectivity index (χ1v) is 10.5. The third-order valence-corrected chi connectivity index (χ3v) is 6.13. The first-order chi connectivity index (χ1) is 14.3. The van der Waals surface area contributed by atoms with E-state index < -0.39 is 0 Å². The van der Waals surface area contributed by atoms with Crippen LogP contribution in [-0.2, 0) is 4.79 Å². The van der Waals surface area contributed by atoms with Crippen molar-refractivity contribution in [3.8, 4) is 0 Å². The Labute approximate surface area is 174 Å². The topological polar surface area (TPSA) is 29.1 Å². The van der Waals surface area contributed by atoms with E-state index in [1.165, 1.54) is 0 Å². The Morgan fingerprint density at radius 1 is 0.759 bits per heavy atom. The highest BCUT2D eigenvalue weighted by atomic mass is 32.1. The van der Waals surface area contributed by atoms with Gasteiger partial charge in [0.15, 0.2) is 5.78 Å². The molecule has 0 bridgehead atoms. The molecule has 1 unspecified atom stereocenters. The number of nitrogens with one attached hydrogen (secondary N) is 1. The number of thiophene rings is 1. The molecule has 2 nitrogen and oxygen atoms in total. The zero-order valence-electron chi connectivity index (χ0n) is 15.7. The maximum Gasteiger partial charge on any atom is 0.177 e. The molecule has 1 aromatic heterocycles. The van der Waals surface area contributed by atoms with Crippen LogP contribution in [0.4, 0.5) is 5.69 Å². The van der Waals surface area contributed by atoms with E-state index in [4.69, 9.17) is 0 Å². The molecule has 4 aromatic rings. The number of rotatable bonds is 4. The van der Waals surface area contributed by atoms with Gasteiger partial charge >= 0.3 is 0 Å². The third-order valence-electron chi connectivity index (χ3n) is 5.24. The quantitative estimate of drug-likeness (QED) is 0.404. The van der Waals surface area contributed by atoms with E-state index in [-0.39, 0.29) is 11.7 Å². The molecule has 1 aliphatic carbocycles. The molecule has 0 saturated carbocycles. The van der Waals surface area contributed by atoms with Crippen LogP contribution in [0.25, 0.3) is 11.3 Å². The van der Waals surface area contributed by atoms with Crippen molar-refractivity contribution in [2.24, 2.45) is 0 Å². The van der Waals surface area contributed by atoms with Gasteiger partial charge in [0, 0.05) is 5.69 Å². The van der Waals surface area contributed by atoms with Crippen LogP contribution in [0.1, 0.15) is 27.5 Å². The Balaban J connectivity index is 1.73. The summed E-state index contributed by atoms with van der Waals surface area (Å²) in [6.07, 6.45) is 0. The Kier molecular flexibility index (Phi) is 4.59. The number of carbonyl (C=O) groups excluding carboxylic acids is 1. The molecule has 5 rings (SSSR count). The van der Waals surface area contributed by atoms with Gasteiger partial charge in [0.1, 0.15) is 0 Å². The Morgan fingerprint density at radius 2 is 1.45 bits per heavy atom. The third kappa shape index (κ3) is 3.20. The molecular formula is C26H19NOS. The highest BCUT2D eigenvalue weighted by Gasteiger charge is 2.38. The lowest BCUT2D eigenvalue weighted by molar-refractivity contribution is -0.113. The Hall–Kier alpha value is -3.43. The lowest BCUT2D eigenvalue weighted by atomic mass is 9.92. The Morgan fingerprint density at radius 3 is 2.17 bits per heavy atom. The van der Waals surface area contributed by atoms with Crippen LogP contribution in [-0.4, -0.2) is 5.78 Å². The summed E-state index contributed by atoms with van der Waals surface area (Å²) < 4.78 is 0. The number of fused-ring (bicyclic) bond motifs is 1. The maximum absolute atomic E-state index is 13.8. The van der Waals surface area contributed by atoms with E-state index in [9.17, 15) is 4.79 Å². The van der Waals surface area contributed by atoms with Gasteiger partial charge in [0.25, 0.3) is 0 Å². The van der Waals surface area contributed by atoms with Crippen molar-refractivity contribution in [1.29, 1.82) is 0 Å².